The van der Waals surface area contributed by atoms with E-state index in [0.717, 1.165) is 32.1 Å². The van der Waals surface area contributed by atoms with Gasteiger partial charge in [-0.05, 0) is 52.4 Å². The van der Waals surface area contributed by atoms with Crippen LogP contribution in [0.4, 0.5) is 0 Å². The summed E-state index contributed by atoms with van der Waals surface area (Å²) in [6, 6.07) is 0.608. The van der Waals surface area contributed by atoms with Crippen molar-refractivity contribution in [3.63, 3.8) is 0 Å². The lowest BCUT2D eigenvalue weighted by molar-refractivity contribution is 0.151. The zero-order chi connectivity index (χ0) is 13.4. The molecule has 2 atom stereocenters. The van der Waals surface area contributed by atoms with E-state index < -0.39 is 0 Å². The van der Waals surface area contributed by atoms with Crippen LogP contribution in [-0.4, -0.2) is 56.1 Å². The molecule has 2 N–H and O–H groups in total. The first-order valence-corrected chi connectivity index (χ1v) is 6.99. The Hall–Kier alpha value is -0.120. The van der Waals surface area contributed by atoms with Crippen molar-refractivity contribution in [1.82, 2.24) is 9.80 Å². The highest BCUT2D eigenvalue weighted by molar-refractivity contribution is 4.73. The van der Waals surface area contributed by atoms with Gasteiger partial charge in [-0.25, -0.2) is 0 Å². The highest BCUT2D eigenvalue weighted by Crippen LogP contribution is 2.14. The summed E-state index contributed by atoms with van der Waals surface area (Å²) in [7, 11) is 4.28. The molecule has 0 aliphatic carbocycles. The smallest absolute Gasteiger partial charge is 0.0194 e. The van der Waals surface area contributed by atoms with Gasteiger partial charge in [0.25, 0.3) is 0 Å². The lowest BCUT2D eigenvalue weighted by Crippen LogP contribution is -2.43. The van der Waals surface area contributed by atoms with Crippen LogP contribution in [0.25, 0.3) is 0 Å². The third-order valence-corrected chi connectivity index (χ3v) is 3.29. The highest BCUT2D eigenvalue weighted by atomic mass is 15.2. The maximum atomic E-state index is 5.89. The monoisotopic (exact) mass is 243 g/mol. The van der Waals surface area contributed by atoms with Crippen LogP contribution >= 0.6 is 0 Å². The quantitative estimate of drug-likeness (QED) is 0.671. The van der Waals surface area contributed by atoms with Crippen molar-refractivity contribution < 1.29 is 0 Å². The number of hydrogen-bond acceptors (Lipinski definition) is 3. The van der Waals surface area contributed by atoms with E-state index in [-0.39, 0.29) is 0 Å². The van der Waals surface area contributed by atoms with Gasteiger partial charge in [-0.2, -0.15) is 0 Å². The number of hydrogen-bond donors (Lipinski definition) is 1. The second-order valence-electron chi connectivity index (χ2n) is 5.93. The summed E-state index contributed by atoms with van der Waals surface area (Å²) in [5.74, 6) is 1.38. The molecule has 3 heteroatoms. The van der Waals surface area contributed by atoms with Gasteiger partial charge in [0.05, 0.1) is 0 Å². The van der Waals surface area contributed by atoms with E-state index in [1.807, 2.05) is 0 Å². The average Bonchev–Trinajstić information content (AvgIpc) is 2.22. The van der Waals surface area contributed by atoms with E-state index >= 15 is 0 Å². The minimum Gasteiger partial charge on any atom is -0.330 e. The summed E-state index contributed by atoms with van der Waals surface area (Å²) < 4.78 is 0. The van der Waals surface area contributed by atoms with Crippen LogP contribution in [0.1, 0.15) is 34.1 Å². The Morgan fingerprint density at radius 2 is 1.65 bits per heavy atom. The third kappa shape index (κ3) is 7.74. The van der Waals surface area contributed by atoms with Gasteiger partial charge in [0, 0.05) is 19.1 Å². The van der Waals surface area contributed by atoms with Crippen LogP contribution < -0.4 is 5.73 Å². The Bertz CT molecular complexity index is 180. The predicted octanol–water partition coefficient (Wildman–Crippen LogP) is 1.88. The van der Waals surface area contributed by atoms with Gasteiger partial charge in [0.1, 0.15) is 0 Å². The number of nitrogens with zero attached hydrogens (tertiary/aromatic N) is 2. The predicted molar refractivity (Wildman–Crippen MR) is 77.3 cm³/mol. The molecule has 0 heterocycles. The van der Waals surface area contributed by atoms with Crippen molar-refractivity contribution in [2.75, 3.05) is 40.3 Å². The Morgan fingerprint density at radius 3 is 2.00 bits per heavy atom. The first kappa shape index (κ1) is 16.9. The van der Waals surface area contributed by atoms with Crippen LogP contribution in [-0.2, 0) is 0 Å². The van der Waals surface area contributed by atoms with E-state index in [9.17, 15) is 0 Å². The molecule has 0 amide bonds. The zero-order valence-electron chi connectivity index (χ0n) is 12.7. The molecule has 104 valence electrons. The molecule has 0 bridgehead atoms. The maximum Gasteiger partial charge on any atom is 0.0194 e. The van der Waals surface area contributed by atoms with Crippen molar-refractivity contribution in [1.29, 1.82) is 0 Å². The van der Waals surface area contributed by atoms with Gasteiger partial charge in [0.2, 0.25) is 0 Å². The van der Waals surface area contributed by atoms with E-state index in [2.05, 4.69) is 51.6 Å². The van der Waals surface area contributed by atoms with Gasteiger partial charge in [-0.3, -0.25) is 4.90 Å². The topological polar surface area (TPSA) is 32.5 Å². The summed E-state index contributed by atoms with van der Waals surface area (Å²) >= 11 is 0. The number of likely N-dealkylation sites (N-methyl/N-ethyl adjacent to an activating group) is 2. The summed E-state index contributed by atoms with van der Waals surface area (Å²) in [5, 5.41) is 0. The minimum atomic E-state index is 0.608. The standard InChI is InChI=1S/C14H33N3/c1-7-17(13(4)10-16(5)6)11-14(9-15)8-12(2)3/h12-14H,7-11,15H2,1-6H3. The normalized spacial score (nSPS) is 15.9. The first-order valence-electron chi connectivity index (χ1n) is 6.99. The molecule has 0 aromatic rings. The van der Waals surface area contributed by atoms with Crippen LogP contribution in [0.15, 0.2) is 0 Å². The number of nitrogens with two attached hydrogens (primary N) is 1. The molecule has 2 unspecified atom stereocenters. The summed E-state index contributed by atoms with van der Waals surface area (Å²) in [5.41, 5.74) is 5.89. The molecule has 0 radical (unpaired) electrons. The molecule has 0 spiro atoms. The molecule has 0 saturated heterocycles. The molecule has 17 heavy (non-hydrogen) atoms. The average molecular weight is 243 g/mol. The van der Waals surface area contributed by atoms with E-state index in [1.54, 1.807) is 0 Å². The molecular weight excluding hydrogens is 210 g/mol. The Labute approximate surface area is 108 Å². The van der Waals surface area contributed by atoms with E-state index in [1.165, 1.54) is 6.42 Å². The molecule has 0 aromatic heterocycles. The lowest BCUT2D eigenvalue weighted by Gasteiger charge is -2.33. The van der Waals surface area contributed by atoms with Crippen LogP contribution in [0.3, 0.4) is 0 Å². The highest BCUT2D eigenvalue weighted by Gasteiger charge is 2.18. The molecule has 0 saturated carbocycles. The van der Waals surface area contributed by atoms with Gasteiger partial charge >= 0.3 is 0 Å². The van der Waals surface area contributed by atoms with E-state index in [0.29, 0.717) is 12.0 Å². The van der Waals surface area contributed by atoms with E-state index in [4.69, 9.17) is 5.73 Å². The molecule has 0 aliphatic rings. The zero-order valence-corrected chi connectivity index (χ0v) is 12.7. The van der Waals surface area contributed by atoms with Crippen LogP contribution in [0, 0.1) is 11.8 Å². The van der Waals surface area contributed by atoms with Crippen molar-refractivity contribution in [3.05, 3.63) is 0 Å². The molecule has 3 nitrogen and oxygen atoms in total. The van der Waals surface area contributed by atoms with Crippen LogP contribution in [0.5, 0.6) is 0 Å². The first-order chi connectivity index (χ1) is 7.90. The fourth-order valence-corrected chi connectivity index (χ4v) is 2.51. The fourth-order valence-electron chi connectivity index (χ4n) is 2.51. The maximum absolute atomic E-state index is 5.89. The van der Waals surface area contributed by atoms with Gasteiger partial charge in [-0.15, -0.1) is 0 Å². The Kier molecular flexibility index (Phi) is 8.83. The van der Waals surface area contributed by atoms with Crippen molar-refractivity contribution in [2.24, 2.45) is 17.6 Å². The minimum absolute atomic E-state index is 0.608. The summed E-state index contributed by atoms with van der Waals surface area (Å²) in [6.07, 6.45) is 1.24. The SMILES string of the molecule is CCN(CC(CN)CC(C)C)C(C)CN(C)C. The molecule has 0 fully saturated rings. The fraction of sp³-hybridized carbons (Fsp3) is 1.00. The van der Waals surface area contributed by atoms with Crippen molar-refractivity contribution in [3.8, 4) is 0 Å². The summed E-state index contributed by atoms with van der Waals surface area (Å²) in [4.78, 5) is 4.81. The Morgan fingerprint density at radius 1 is 1.06 bits per heavy atom. The summed E-state index contributed by atoms with van der Waals surface area (Å²) in [6.45, 7) is 13.3. The van der Waals surface area contributed by atoms with Gasteiger partial charge < -0.3 is 10.6 Å². The van der Waals surface area contributed by atoms with Crippen molar-refractivity contribution in [2.45, 2.75) is 40.2 Å². The van der Waals surface area contributed by atoms with Crippen molar-refractivity contribution >= 4 is 0 Å². The van der Waals surface area contributed by atoms with Gasteiger partial charge in [-0.1, -0.05) is 20.8 Å². The Balaban J connectivity index is 4.25. The molecule has 0 aromatic carbocycles. The van der Waals surface area contributed by atoms with Gasteiger partial charge in [0.15, 0.2) is 0 Å². The second-order valence-corrected chi connectivity index (χ2v) is 5.93. The molecule has 0 rings (SSSR count). The third-order valence-electron chi connectivity index (χ3n) is 3.29. The lowest BCUT2D eigenvalue weighted by atomic mass is 9.96. The second kappa shape index (κ2) is 8.90. The number of rotatable bonds is 9. The molecular formula is C14H33N3. The largest absolute Gasteiger partial charge is 0.330 e. The molecule has 0 aliphatic heterocycles. The van der Waals surface area contributed by atoms with Crippen LogP contribution in [0.2, 0.25) is 0 Å².